The fourth-order valence-electron chi connectivity index (χ4n) is 1.83. The predicted molar refractivity (Wildman–Crippen MR) is 78.8 cm³/mol. The first-order valence-corrected chi connectivity index (χ1v) is 7.25. The van der Waals surface area contributed by atoms with Gasteiger partial charge in [0.1, 0.15) is 0 Å². The SMILES string of the molecule is COC(CSCc1ccccc1)c1ccccc1. The molecule has 0 fully saturated rings. The summed E-state index contributed by atoms with van der Waals surface area (Å²) in [5.41, 5.74) is 2.62. The number of benzene rings is 2. The lowest BCUT2D eigenvalue weighted by Crippen LogP contribution is -2.04. The van der Waals surface area contributed by atoms with Crippen molar-refractivity contribution in [2.75, 3.05) is 12.9 Å². The van der Waals surface area contributed by atoms with Crippen LogP contribution in [0.15, 0.2) is 60.7 Å². The summed E-state index contributed by atoms with van der Waals surface area (Å²) in [4.78, 5) is 0. The molecular weight excluding hydrogens is 240 g/mol. The quantitative estimate of drug-likeness (QED) is 0.763. The molecule has 2 aromatic carbocycles. The molecule has 0 aromatic heterocycles. The van der Waals surface area contributed by atoms with E-state index < -0.39 is 0 Å². The van der Waals surface area contributed by atoms with E-state index in [1.54, 1.807) is 7.11 Å². The second-order valence-corrected chi connectivity index (χ2v) is 5.17. The van der Waals surface area contributed by atoms with Crippen molar-refractivity contribution in [3.63, 3.8) is 0 Å². The molecule has 0 aliphatic rings. The maximum absolute atomic E-state index is 5.55. The van der Waals surface area contributed by atoms with Gasteiger partial charge in [0.05, 0.1) is 6.10 Å². The average Bonchev–Trinajstić information content (AvgIpc) is 2.46. The van der Waals surface area contributed by atoms with E-state index in [0.29, 0.717) is 0 Å². The van der Waals surface area contributed by atoms with Crippen molar-refractivity contribution in [2.24, 2.45) is 0 Å². The Balaban J connectivity index is 1.85. The van der Waals surface area contributed by atoms with Gasteiger partial charge in [0.25, 0.3) is 0 Å². The summed E-state index contributed by atoms with van der Waals surface area (Å²) in [6, 6.07) is 20.9. The average molecular weight is 258 g/mol. The molecule has 0 N–H and O–H groups in total. The van der Waals surface area contributed by atoms with Crippen molar-refractivity contribution in [2.45, 2.75) is 11.9 Å². The molecule has 0 saturated heterocycles. The summed E-state index contributed by atoms with van der Waals surface area (Å²) >= 11 is 1.91. The van der Waals surface area contributed by atoms with Crippen molar-refractivity contribution in [1.82, 2.24) is 0 Å². The van der Waals surface area contributed by atoms with E-state index in [1.165, 1.54) is 11.1 Å². The van der Waals surface area contributed by atoms with Crippen LogP contribution in [0.3, 0.4) is 0 Å². The van der Waals surface area contributed by atoms with Crippen LogP contribution in [0.2, 0.25) is 0 Å². The van der Waals surface area contributed by atoms with Gasteiger partial charge in [-0.15, -0.1) is 0 Å². The molecule has 0 saturated carbocycles. The Morgan fingerprint density at radius 2 is 1.56 bits per heavy atom. The zero-order valence-electron chi connectivity index (χ0n) is 10.6. The van der Waals surface area contributed by atoms with Gasteiger partial charge in [0.15, 0.2) is 0 Å². The lowest BCUT2D eigenvalue weighted by atomic mass is 10.1. The van der Waals surface area contributed by atoms with E-state index in [0.717, 1.165) is 11.5 Å². The third kappa shape index (κ3) is 3.90. The zero-order valence-corrected chi connectivity index (χ0v) is 11.4. The van der Waals surface area contributed by atoms with E-state index in [-0.39, 0.29) is 6.10 Å². The van der Waals surface area contributed by atoms with Crippen molar-refractivity contribution in [1.29, 1.82) is 0 Å². The first-order chi connectivity index (χ1) is 8.90. The van der Waals surface area contributed by atoms with Crippen LogP contribution in [0, 0.1) is 0 Å². The number of rotatable bonds is 6. The topological polar surface area (TPSA) is 9.23 Å². The zero-order chi connectivity index (χ0) is 12.6. The van der Waals surface area contributed by atoms with Crippen LogP contribution < -0.4 is 0 Å². The van der Waals surface area contributed by atoms with Crippen LogP contribution in [-0.2, 0) is 10.5 Å². The van der Waals surface area contributed by atoms with E-state index >= 15 is 0 Å². The molecule has 0 aliphatic carbocycles. The van der Waals surface area contributed by atoms with Gasteiger partial charge < -0.3 is 4.74 Å². The molecule has 1 unspecified atom stereocenters. The highest BCUT2D eigenvalue weighted by atomic mass is 32.2. The first kappa shape index (κ1) is 13.2. The van der Waals surface area contributed by atoms with E-state index in [1.807, 2.05) is 17.8 Å². The second kappa shape index (κ2) is 7.24. The number of hydrogen-bond acceptors (Lipinski definition) is 2. The largest absolute Gasteiger partial charge is 0.376 e. The fraction of sp³-hybridized carbons (Fsp3) is 0.250. The molecule has 0 amide bonds. The van der Waals surface area contributed by atoms with Gasteiger partial charge in [-0.2, -0.15) is 11.8 Å². The van der Waals surface area contributed by atoms with Gasteiger partial charge in [0.2, 0.25) is 0 Å². The van der Waals surface area contributed by atoms with E-state index in [2.05, 4.69) is 54.6 Å². The van der Waals surface area contributed by atoms with Crippen LogP contribution >= 0.6 is 11.8 Å². The molecule has 0 radical (unpaired) electrons. The summed E-state index contributed by atoms with van der Waals surface area (Å²) in [6.07, 6.45) is 0.180. The van der Waals surface area contributed by atoms with Crippen LogP contribution in [0.4, 0.5) is 0 Å². The van der Waals surface area contributed by atoms with Gasteiger partial charge in [-0.25, -0.2) is 0 Å². The molecule has 2 rings (SSSR count). The Kier molecular flexibility index (Phi) is 5.31. The minimum Gasteiger partial charge on any atom is -0.376 e. The number of methoxy groups -OCH3 is 1. The predicted octanol–water partition coefficient (Wildman–Crippen LogP) is 4.31. The molecule has 2 heteroatoms. The van der Waals surface area contributed by atoms with Crippen LogP contribution in [0.1, 0.15) is 17.2 Å². The Labute approximate surface area is 113 Å². The molecule has 18 heavy (non-hydrogen) atoms. The first-order valence-electron chi connectivity index (χ1n) is 6.09. The smallest absolute Gasteiger partial charge is 0.0911 e. The highest BCUT2D eigenvalue weighted by Gasteiger charge is 2.09. The summed E-state index contributed by atoms with van der Waals surface area (Å²) < 4.78 is 5.55. The fourth-order valence-corrected chi connectivity index (χ4v) is 2.91. The summed E-state index contributed by atoms with van der Waals surface area (Å²) in [5.74, 6) is 2.02. The molecule has 2 aromatic rings. The maximum atomic E-state index is 5.55. The number of hydrogen-bond donors (Lipinski definition) is 0. The monoisotopic (exact) mass is 258 g/mol. The maximum Gasteiger partial charge on any atom is 0.0911 e. The summed E-state index contributed by atoms with van der Waals surface area (Å²) in [7, 11) is 1.78. The summed E-state index contributed by atoms with van der Waals surface area (Å²) in [5, 5.41) is 0. The Bertz CT molecular complexity index is 441. The van der Waals surface area contributed by atoms with Crippen molar-refractivity contribution in [3.05, 3.63) is 71.8 Å². The van der Waals surface area contributed by atoms with Crippen molar-refractivity contribution >= 4 is 11.8 Å². The van der Waals surface area contributed by atoms with Crippen molar-refractivity contribution in [3.8, 4) is 0 Å². The van der Waals surface area contributed by atoms with E-state index in [4.69, 9.17) is 4.74 Å². The van der Waals surface area contributed by atoms with Gasteiger partial charge in [0, 0.05) is 18.6 Å². The molecular formula is C16H18OS. The molecule has 1 nitrogen and oxygen atoms in total. The standard InChI is InChI=1S/C16H18OS/c1-17-16(15-10-6-3-7-11-15)13-18-12-14-8-4-2-5-9-14/h2-11,16H,12-13H2,1H3. The van der Waals surface area contributed by atoms with Gasteiger partial charge in [-0.3, -0.25) is 0 Å². The lowest BCUT2D eigenvalue weighted by Gasteiger charge is -2.15. The Morgan fingerprint density at radius 1 is 0.944 bits per heavy atom. The third-order valence-electron chi connectivity index (χ3n) is 2.84. The second-order valence-electron chi connectivity index (χ2n) is 4.14. The van der Waals surface area contributed by atoms with E-state index in [9.17, 15) is 0 Å². The number of ether oxygens (including phenoxy) is 1. The molecule has 94 valence electrons. The molecule has 0 spiro atoms. The third-order valence-corrected chi connectivity index (χ3v) is 3.91. The highest BCUT2D eigenvalue weighted by molar-refractivity contribution is 7.98. The normalized spacial score (nSPS) is 12.3. The van der Waals surface area contributed by atoms with Crippen LogP contribution in [0.5, 0.6) is 0 Å². The molecule has 0 aliphatic heterocycles. The Hall–Kier alpha value is -1.25. The minimum absolute atomic E-state index is 0.180. The highest BCUT2D eigenvalue weighted by Crippen LogP contribution is 2.23. The number of thioether (sulfide) groups is 1. The van der Waals surface area contributed by atoms with Gasteiger partial charge in [-0.05, 0) is 11.1 Å². The van der Waals surface area contributed by atoms with Gasteiger partial charge in [-0.1, -0.05) is 60.7 Å². The lowest BCUT2D eigenvalue weighted by molar-refractivity contribution is 0.123. The minimum atomic E-state index is 0.180. The Morgan fingerprint density at radius 3 is 2.17 bits per heavy atom. The molecule has 0 bridgehead atoms. The van der Waals surface area contributed by atoms with Crippen LogP contribution in [-0.4, -0.2) is 12.9 Å². The van der Waals surface area contributed by atoms with Gasteiger partial charge >= 0.3 is 0 Å². The van der Waals surface area contributed by atoms with Crippen LogP contribution in [0.25, 0.3) is 0 Å². The molecule has 0 heterocycles. The summed E-state index contributed by atoms with van der Waals surface area (Å²) in [6.45, 7) is 0. The molecule has 1 atom stereocenters. The van der Waals surface area contributed by atoms with Crippen molar-refractivity contribution < 1.29 is 4.74 Å².